The molecule has 0 bridgehead atoms. The van der Waals surface area contributed by atoms with E-state index in [1.54, 1.807) is 4.68 Å². The zero-order chi connectivity index (χ0) is 14.8. The molecule has 106 valence electrons. The standard InChI is InChI=1S/C16H15N3O2/c1-12-7-8-15-14(9-12)10-18(17-15)16(11-19(20)21)13-5-3-2-4-6-13/h2-10,16H,11H2,1H3/t16-/m1/s1. The van der Waals surface area contributed by atoms with Crippen LogP contribution in [0.2, 0.25) is 0 Å². The van der Waals surface area contributed by atoms with Gasteiger partial charge in [0.1, 0.15) is 6.04 Å². The van der Waals surface area contributed by atoms with E-state index in [4.69, 9.17) is 0 Å². The number of nitrogens with zero attached hydrogens (tertiary/aromatic N) is 3. The van der Waals surface area contributed by atoms with Crippen LogP contribution < -0.4 is 0 Å². The van der Waals surface area contributed by atoms with Gasteiger partial charge in [-0.25, -0.2) is 0 Å². The Morgan fingerprint density at radius 1 is 1.24 bits per heavy atom. The summed E-state index contributed by atoms with van der Waals surface area (Å²) in [6.45, 7) is 1.83. The van der Waals surface area contributed by atoms with E-state index in [1.807, 2.05) is 61.7 Å². The van der Waals surface area contributed by atoms with Crippen LogP contribution in [-0.2, 0) is 0 Å². The molecule has 0 radical (unpaired) electrons. The highest BCUT2D eigenvalue weighted by molar-refractivity contribution is 5.78. The first kappa shape index (κ1) is 13.3. The number of hydrogen-bond donors (Lipinski definition) is 0. The maximum Gasteiger partial charge on any atom is 0.230 e. The van der Waals surface area contributed by atoms with E-state index < -0.39 is 6.04 Å². The Kier molecular flexibility index (Phi) is 3.39. The van der Waals surface area contributed by atoms with Crippen molar-refractivity contribution in [2.24, 2.45) is 0 Å². The van der Waals surface area contributed by atoms with Crippen LogP contribution >= 0.6 is 0 Å². The molecule has 0 N–H and O–H groups in total. The zero-order valence-corrected chi connectivity index (χ0v) is 11.6. The van der Waals surface area contributed by atoms with E-state index in [9.17, 15) is 10.1 Å². The number of nitro groups is 1. The molecule has 0 aliphatic heterocycles. The molecule has 3 rings (SSSR count). The Morgan fingerprint density at radius 2 is 2.00 bits per heavy atom. The summed E-state index contributed by atoms with van der Waals surface area (Å²) in [4.78, 5) is 10.7. The van der Waals surface area contributed by atoms with Crippen molar-refractivity contribution in [2.75, 3.05) is 6.54 Å². The fourth-order valence-electron chi connectivity index (χ4n) is 2.48. The van der Waals surface area contributed by atoms with Crippen LogP contribution in [0.15, 0.2) is 54.7 Å². The van der Waals surface area contributed by atoms with Crippen molar-refractivity contribution in [1.82, 2.24) is 9.78 Å². The van der Waals surface area contributed by atoms with Gasteiger partial charge in [-0.05, 0) is 24.6 Å². The molecular weight excluding hydrogens is 266 g/mol. The zero-order valence-electron chi connectivity index (χ0n) is 11.6. The van der Waals surface area contributed by atoms with Crippen molar-refractivity contribution in [3.8, 4) is 0 Å². The van der Waals surface area contributed by atoms with Crippen LogP contribution in [0.5, 0.6) is 0 Å². The number of fused-ring (bicyclic) bond motifs is 1. The molecule has 2 aromatic carbocycles. The Balaban J connectivity index is 2.07. The predicted molar refractivity (Wildman–Crippen MR) is 80.9 cm³/mol. The monoisotopic (exact) mass is 281 g/mol. The van der Waals surface area contributed by atoms with Gasteiger partial charge < -0.3 is 0 Å². The third-order valence-corrected chi connectivity index (χ3v) is 3.50. The van der Waals surface area contributed by atoms with Gasteiger partial charge in [-0.15, -0.1) is 0 Å². The lowest BCUT2D eigenvalue weighted by Gasteiger charge is -2.13. The average molecular weight is 281 g/mol. The van der Waals surface area contributed by atoms with E-state index in [1.165, 1.54) is 0 Å². The van der Waals surface area contributed by atoms with Crippen LogP contribution in [-0.4, -0.2) is 21.2 Å². The maximum absolute atomic E-state index is 11.0. The largest absolute Gasteiger partial charge is 0.264 e. The van der Waals surface area contributed by atoms with Crippen molar-refractivity contribution in [1.29, 1.82) is 0 Å². The van der Waals surface area contributed by atoms with Gasteiger partial charge in [0.25, 0.3) is 0 Å². The number of rotatable bonds is 4. The minimum absolute atomic E-state index is 0.184. The van der Waals surface area contributed by atoms with E-state index in [-0.39, 0.29) is 11.5 Å². The third kappa shape index (κ3) is 2.76. The first-order valence-electron chi connectivity index (χ1n) is 6.76. The van der Waals surface area contributed by atoms with Crippen LogP contribution in [0.1, 0.15) is 17.2 Å². The normalized spacial score (nSPS) is 12.4. The van der Waals surface area contributed by atoms with E-state index >= 15 is 0 Å². The van der Waals surface area contributed by atoms with Gasteiger partial charge >= 0.3 is 0 Å². The van der Waals surface area contributed by atoms with Gasteiger partial charge in [-0.3, -0.25) is 14.8 Å². The molecule has 0 saturated carbocycles. The smallest absolute Gasteiger partial charge is 0.230 e. The summed E-state index contributed by atoms with van der Waals surface area (Å²) in [5.74, 6) is 0. The second kappa shape index (κ2) is 5.36. The molecular formula is C16H15N3O2. The summed E-state index contributed by atoms with van der Waals surface area (Å²) >= 11 is 0. The fourth-order valence-corrected chi connectivity index (χ4v) is 2.48. The summed E-state index contributed by atoms with van der Waals surface area (Å²) in [6.07, 6.45) is 1.88. The second-order valence-corrected chi connectivity index (χ2v) is 5.11. The van der Waals surface area contributed by atoms with Crippen LogP contribution in [0, 0.1) is 17.0 Å². The molecule has 0 amide bonds. The van der Waals surface area contributed by atoms with Crippen molar-refractivity contribution < 1.29 is 4.92 Å². The Morgan fingerprint density at radius 3 is 2.71 bits per heavy atom. The summed E-state index contributed by atoms with van der Waals surface area (Å²) in [6, 6.07) is 15.0. The van der Waals surface area contributed by atoms with Gasteiger partial charge in [-0.1, -0.05) is 42.0 Å². The topological polar surface area (TPSA) is 61.0 Å². The minimum Gasteiger partial charge on any atom is -0.264 e. The number of aromatic nitrogens is 2. The lowest BCUT2D eigenvalue weighted by Crippen LogP contribution is -2.20. The van der Waals surface area contributed by atoms with Gasteiger partial charge in [0.2, 0.25) is 6.54 Å². The van der Waals surface area contributed by atoms with Crippen molar-refractivity contribution in [3.63, 3.8) is 0 Å². The molecule has 5 heteroatoms. The summed E-state index contributed by atoms with van der Waals surface area (Å²) in [5, 5.41) is 16.5. The molecule has 0 fully saturated rings. The number of aryl methyl sites for hydroxylation is 1. The van der Waals surface area contributed by atoms with Crippen molar-refractivity contribution >= 4 is 10.9 Å². The average Bonchev–Trinajstić information content (AvgIpc) is 2.88. The first-order chi connectivity index (χ1) is 10.1. The van der Waals surface area contributed by atoms with Crippen LogP contribution in [0.4, 0.5) is 0 Å². The SMILES string of the molecule is Cc1ccc2nn([C@H](C[N+](=O)[O-])c3ccccc3)cc2c1. The summed E-state index contributed by atoms with van der Waals surface area (Å²) in [5.41, 5.74) is 2.89. The lowest BCUT2D eigenvalue weighted by atomic mass is 10.1. The summed E-state index contributed by atoms with van der Waals surface area (Å²) in [7, 11) is 0. The Labute approximate surface area is 122 Å². The molecule has 0 unspecified atom stereocenters. The highest BCUT2D eigenvalue weighted by Crippen LogP contribution is 2.22. The fraction of sp³-hybridized carbons (Fsp3) is 0.188. The van der Waals surface area contributed by atoms with Gasteiger partial charge in [0.05, 0.1) is 5.52 Å². The molecule has 0 spiro atoms. The maximum atomic E-state index is 11.0. The second-order valence-electron chi connectivity index (χ2n) is 5.11. The predicted octanol–water partition coefficient (Wildman–Crippen LogP) is 3.21. The Hall–Kier alpha value is -2.69. The van der Waals surface area contributed by atoms with Crippen LogP contribution in [0.25, 0.3) is 10.9 Å². The van der Waals surface area contributed by atoms with Gasteiger partial charge in [0, 0.05) is 16.5 Å². The summed E-state index contributed by atoms with van der Waals surface area (Å²) < 4.78 is 1.70. The van der Waals surface area contributed by atoms with Crippen LogP contribution in [0.3, 0.4) is 0 Å². The molecule has 1 aromatic heterocycles. The van der Waals surface area contributed by atoms with Gasteiger partial charge in [0.15, 0.2) is 0 Å². The van der Waals surface area contributed by atoms with Crippen molar-refractivity contribution in [3.05, 3.63) is 76.0 Å². The van der Waals surface area contributed by atoms with E-state index in [0.717, 1.165) is 22.0 Å². The highest BCUT2D eigenvalue weighted by Gasteiger charge is 2.21. The molecule has 21 heavy (non-hydrogen) atoms. The molecule has 0 aliphatic rings. The number of benzene rings is 2. The molecule has 0 aliphatic carbocycles. The third-order valence-electron chi connectivity index (χ3n) is 3.50. The molecule has 1 atom stereocenters. The highest BCUT2D eigenvalue weighted by atomic mass is 16.6. The molecule has 0 saturated heterocycles. The quantitative estimate of drug-likeness (QED) is 0.545. The van der Waals surface area contributed by atoms with E-state index in [0.29, 0.717) is 0 Å². The molecule has 3 aromatic rings. The molecule has 5 nitrogen and oxygen atoms in total. The first-order valence-corrected chi connectivity index (χ1v) is 6.76. The number of hydrogen-bond acceptors (Lipinski definition) is 3. The minimum atomic E-state index is -0.395. The van der Waals surface area contributed by atoms with Gasteiger partial charge in [-0.2, -0.15) is 5.10 Å². The Bertz CT molecular complexity index is 781. The van der Waals surface area contributed by atoms with E-state index in [2.05, 4.69) is 5.10 Å². The molecule has 1 heterocycles. The van der Waals surface area contributed by atoms with Crippen molar-refractivity contribution in [2.45, 2.75) is 13.0 Å². The lowest BCUT2D eigenvalue weighted by molar-refractivity contribution is -0.484.